The molecule has 0 bridgehead atoms. The summed E-state index contributed by atoms with van der Waals surface area (Å²) in [4.78, 5) is 11.6. The van der Waals surface area contributed by atoms with Gasteiger partial charge in [-0.05, 0) is 18.3 Å². The van der Waals surface area contributed by atoms with E-state index in [1.54, 1.807) is 0 Å². The first kappa shape index (κ1) is 16.4. The molecule has 0 radical (unpaired) electrons. The van der Waals surface area contributed by atoms with Crippen molar-refractivity contribution in [3.8, 4) is 0 Å². The van der Waals surface area contributed by atoms with Crippen LogP contribution in [0.5, 0.6) is 0 Å². The van der Waals surface area contributed by atoms with E-state index >= 15 is 0 Å². The highest BCUT2D eigenvalue weighted by Gasteiger charge is 2.23. The summed E-state index contributed by atoms with van der Waals surface area (Å²) in [6, 6.07) is -0.270. The molecule has 0 aromatic carbocycles. The van der Waals surface area contributed by atoms with Gasteiger partial charge in [0.1, 0.15) is 0 Å². The number of amides is 1. The Bertz CT molecular complexity index is 263. The van der Waals surface area contributed by atoms with Crippen LogP contribution in [0.4, 0.5) is 0 Å². The lowest BCUT2D eigenvalue weighted by Crippen LogP contribution is -2.40. The molecule has 0 aliphatic heterocycles. The first-order valence-corrected chi connectivity index (χ1v) is 7.69. The first-order valence-electron chi connectivity index (χ1n) is 7.69. The molecule has 2 unspecified atom stereocenters. The van der Waals surface area contributed by atoms with Crippen molar-refractivity contribution < 1.29 is 9.90 Å². The molecule has 0 aromatic heterocycles. The normalized spacial score (nSPS) is 20.3. The highest BCUT2D eigenvalue weighted by molar-refractivity contribution is 5.76. The van der Waals surface area contributed by atoms with E-state index in [2.05, 4.69) is 5.32 Å². The lowest BCUT2D eigenvalue weighted by Gasteiger charge is -2.27. The fourth-order valence-electron chi connectivity index (χ4n) is 2.70. The van der Waals surface area contributed by atoms with Crippen LogP contribution in [0.15, 0.2) is 0 Å². The molecule has 2 atom stereocenters. The zero-order valence-electron chi connectivity index (χ0n) is 12.4. The van der Waals surface area contributed by atoms with E-state index in [9.17, 15) is 9.90 Å². The third kappa shape index (κ3) is 6.92. The summed E-state index contributed by atoms with van der Waals surface area (Å²) < 4.78 is 0. The molecule has 0 aromatic rings. The molecule has 4 heteroatoms. The van der Waals surface area contributed by atoms with E-state index in [1.165, 1.54) is 32.1 Å². The minimum Gasteiger partial charge on any atom is -0.391 e. The van der Waals surface area contributed by atoms with Crippen LogP contribution in [0.1, 0.15) is 58.8 Å². The standard InChI is InChI=1S/C15H30N2O2/c1-11(2)10-17-15(19)9-14(18)13(16)8-12-6-4-3-5-7-12/h11-14,18H,3-10,16H2,1-2H3,(H,17,19). The maximum Gasteiger partial charge on any atom is 0.222 e. The van der Waals surface area contributed by atoms with Crippen LogP contribution in [-0.4, -0.2) is 29.7 Å². The summed E-state index contributed by atoms with van der Waals surface area (Å²) in [6.45, 7) is 4.75. The number of hydrogen-bond acceptors (Lipinski definition) is 3. The Morgan fingerprint density at radius 1 is 1.32 bits per heavy atom. The molecule has 1 rings (SSSR count). The van der Waals surface area contributed by atoms with E-state index in [4.69, 9.17) is 5.73 Å². The predicted molar refractivity (Wildman–Crippen MR) is 77.6 cm³/mol. The minimum atomic E-state index is -0.714. The smallest absolute Gasteiger partial charge is 0.222 e. The van der Waals surface area contributed by atoms with Gasteiger partial charge in [0.15, 0.2) is 0 Å². The summed E-state index contributed by atoms with van der Waals surface area (Å²) in [5, 5.41) is 12.8. The maximum atomic E-state index is 11.6. The van der Waals surface area contributed by atoms with Gasteiger partial charge in [-0.25, -0.2) is 0 Å². The van der Waals surface area contributed by atoms with Gasteiger partial charge in [0.25, 0.3) is 0 Å². The molecule has 1 aliphatic carbocycles. The number of aliphatic hydroxyl groups excluding tert-OH is 1. The van der Waals surface area contributed by atoms with Gasteiger partial charge >= 0.3 is 0 Å². The molecular formula is C15H30N2O2. The van der Waals surface area contributed by atoms with Crippen LogP contribution in [-0.2, 0) is 4.79 Å². The molecule has 1 fully saturated rings. The van der Waals surface area contributed by atoms with Crippen molar-refractivity contribution in [1.82, 2.24) is 5.32 Å². The molecule has 1 amide bonds. The van der Waals surface area contributed by atoms with Crippen LogP contribution in [0.3, 0.4) is 0 Å². The van der Waals surface area contributed by atoms with Gasteiger partial charge < -0.3 is 16.2 Å². The van der Waals surface area contributed by atoms with Crippen molar-refractivity contribution in [2.24, 2.45) is 17.6 Å². The second-order valence-electron chi connectivity index (χ2n) is 6.37. The van der Waals surface area contributed by atoms with Crippen LogP contribution in [0.2, 0.25) is 0 Å². The number of carbonyl (C=O) groups is 1. The highest BCUT2D eigenvalue weighted by Crippen LogP contribution is 2.27. The zero-order valence-corrected chi connectivity index (χ0v) is 12.4. The molecule has 0 saturated heterocycles. The molecule has 4 nitrogen and oxygen atoms in total. The van der Waals surface area contributed by atoms with Gasteiger partial charge in [-0.1, -0.05) is 46.0 Å². The Labute approximate surface area is 117 Å². The number of hydrogen-bond donors (Lipinski definition) is 3. The van der Waals surface area contributed by atoms with Crippen molar-refractivity contribution in [3.63, 3.8) is 0 Å². The Morgan fingerprint density at radius 3 is 2.53 bits per heavy atom. The average Bonchev–Trinajstić information content (AvgIpc) is 2.37. The van der Waals surface area contributed by atoms with Crippen LogP contribution in [0, 0.1) is 11.8 Å². The SMILES string of the molecule is CC(C)CNC(=O)CC(O)C(N)CC1CCCCC1. The number of nitrogens with two attached hydrogens (primary N) is 1. The van der Waals surface area contributed by atoms with Crippen molar-refractivity contribution in [3.05, 3.63) is 0 Å². The highest BCUT2D eigenvalue weighted by atomic mass is 16.3. The van der Waals surface area contributed by atoms with Crippen LogP contribution >= 0.6 is 0 Å². The molecule has 1 aliphatic rings. The second kappa shape index (κ2) is 8.54. The summed E-state index contributed by atoms with van der Waals surface area (Å²) in [5.74, 6) is 0.967. The van der Waals surface area contributed by atoms with E-state index in [1.807, 2.05) is 13.8 Å². The maximum absolute atomic E-state index is 11.6. The predicted octanol–water partition coefficient (Wildman–Crippen LogP) is 1.81. The van der Waals surface area contributed by atoms with Gasteiger partial charge in [0.2, 0.25) is 5.91 Å². The summed E-state index contributed by atoms with van der Waals surface area (Å²) in [7, 11) is 0. The zero-order chi connectivity index (χ0) is 14.3. The topological polar surface area (TPSA) is 75.3 Å². The quantitative estimate of drug-likeness (QED) is 0.660. The monoisotopic (exact) mass is 270 g/mol. The fourth-order valence-corrected chi connectivity index (χ4v) is 2.70. The lowest BCUT2D eigenvalue weighted by molar-refractivity contribution is -0.123. The van der Waals surface area contributed by atoms with Crippen LogP contribution in [0.25, 0.3) is 0 Å². The van der Waals surface area contributed by atoms with E-state index < -0.39 is 6.10 Å². The van der Waals surface area contributed by atoms with E-state index in [0.717, 1.165) is 6.42 Å². The summed E-state index contributed by atoms with van der Waals surface area (Å²) in [5.41, 5.74) is 6.02. The number of rotatable bonds is 7. The minimum absolute atomic E-state index is 0.0969. The molecular weight excluding hydrogens is 240 g/mol. The number of carbonyl (C=O) groups excluding carboxylic acids is 1. The van der Waals surface area contributed by atoms with Gasteiger partial charge in [-0.15, -0.1) is 0 Å². The second-order valence-corrected chi connectivity index (χ2v) is 6.37. The average molecular weight is 270 g/mol. The Hall–Kier alpha value is -0.610. The van der Waals surface area contributed by atoms with E-state index in [-0.39, 0.29) is 18.4 Å². The summed E-state index contributed by atoms with van der Waals surface area (Å²) >= 11 is 0. The molecule has 1 saturated carbocycles. The molecule has 112 valence electrons. The van der Waals surface area contributed by atoms with Gasteiger partial charge in [0, 0.05) is 12.6 Å². The molecule has 4 N–H and O–H groups in total. The van der Waals surface area contributed by atoms with Crippen molar-refractivity contribution in [1.29, 1.82) is 0 Å². The molecule has 0 heterocycles. The van der Waals surface area contributed by atoms with Gasteiger partial charge in [-0.3, -0.25) is 4.79 Å². The fraction of sp³-hybridized carbons (Fsp3) is 0.933. The largest absolute Gasteiger partial charge is 0.391 e. The van der Waals surface area contributed by atoms with Crippen molar-refractivity contribution >= 4 is 5.91 Å². The van der Waals surface area contributed by atoms with Gasteiger partial charge in [0.05, 0.1) is 12.5 Å². The Morgan fingerprint density at radius 2 is 1.95 bits per heavy atom. The number of aliphatic hydroxyl groups is 1. The van der Waals surface area contributed by atoms with Crippen LogP contribution < -0.4 is 11.1 Å². The lowest BCUT2D eigenvalue weighted by atomic mass is 9.83. The Balaban J connectivity index is 2.23. The van der Waals surface area contributed by atoms with Crippen molar-refractivity contribution in [2.45, 2.75) is 70.9 Å². The van der Waals surface area contributed by atoms with Crippen molar-refractivity contribution in [2.75, 3.05) is 6.54 Å². The van der Waals surface area contributed by atoms with Gasteiger partial charge in [-0.2, -0.15) is 0 Å². The summed E-state index contributed by atoms with van der Waals surface area (Å²) in [6.07, 6.45) is 6.59. The molecule has 0 spiro atoms. The number of nitrogens with one attached hydrogen (secondary N) is 1. The Kier molecular flexibility index (Phi) is 7.39. The van der Waals surface area contributed by atoms with E-state index in [0.29, 0.717) is 18.4 Å². The first-order chi connectivity index (χ1) is 8.99. The molecule has 19 heavy (non-hydrogen) atoms. The third-order valence-electron chi connectivity index (χ3n) is 3.93. The third-order valence-corrected chi connectivity index (χ3v) is 3.93.